The van der Waals surface area contributed by atoms with E-state index in [4.69, 9.17) is 9.26 Å². The molecule has 0 atom stereocenters. The fourth-order valence-electron chi connectivity index (χ4n) is 1.66. The van der Waals surface area contributed by atoms with Crippen molar-refractivity contribution >= 4 is 5.78 Å². The maximum absolute atomic E-state index is 11.2. The minimum atomic E-state index is 0.0409. The molecule has 2 rings (SSSR count). The van der Waals surface area contributed by atoms with Crippen molar-refractivity contribution in [3.63, 3.8) is 0 Å². The van der Waals surface area contributed by atoms with E-state index < -0.39 is 0 Å². The zero-order chi connectivity index (χ0) is 13.8. The number of ketones is 1. The Morgan fingerprint density at radius 3 is 2.79 bits per heavy atom. The SMILES string of the molecule is CCc1noc(COc2ccc(C(C)=O)cc2C)n1. The second-order valence-electron chi connectivity index (χ2n) is 4.28. The van der Waals surface area contributed by atoms with Crippen molar-refractivity contribution in [2.75, 3.05) is 0 Å². The molecule has 100 valence electrons. The second kappa shape index (κ2) is 5.65. The molecule has 0 fully saturated rings. The molecule has 1 aromatic heterocycles. The van der Waals surface area contributed by atoms with Gasteiger partial charge in [-0.05, 0) is 37.6 Å². The molecule has 19 heavy (non-hydrogen) atoms. The summed E-state index contributed by atoms with van der Waals surface area (Å²) in [5.74, 6) is 1.87. The van der Waals surface area contributed by atoms with E-state index in [2.05, 4.69) is 10.1 Å². The zero-order valence-electron chi connectivity index (χ0n) is 11.3. The summed E-state index contributed by atoms with van der Waals surface area (Å²) in [7, 11) is 0. The summed E-state index contributed by atoms with van der Waals surface area (Å²) in [4.78, 5) is 15.4. The number of aromatic nitrogens is 2. The number of aryl methyl sites for hydroxylation is 2. The molecule has 0 saturated heterocycles. The number of nitrogens with zero attached hydrogens (tertiary/aromatic N) is 2. The maximum Gasteiger partial charge on any atom is 0.264 e. The van der Waals surface area contributed by atoms with Gasteiger partial charge >= 0.3 is 0 Å². The molecule has 2 aromatic rings. The summed E-state index contributed by atoms with van der Waals surface area (Å²) in [5, 5.41) is 3.80. The summed E-state index contributed by atoms with van der Waals surface area (Å²) in [5.41, 5.74) is 1.58. The molecule has 0 radical (unpaired) electrons. The van der Waals surface area contributed by atoms with Crippen LogP contribution in [0, 0.1) is 6.92 Å². The van der Waals surface area contributed by atoms with E-state index in [0.29, 0.717) is 23.0 Å². The van der Waals surface area contributed by atoms with E-state index in [-0.39, 0.29) is 12.4 Å². The second-order valence-corrected chi connectivity index (χ2v) is 4.28. The highest BCUT2D eigenvalue weighted by molar-refractivity contribution is 5.94. The van der Waals surface area contributed by atoms with E-state index in [9.17, 15) is 4.79 Å². The highest BCUT2D eigenvalue weighted by Crippen LogP contribution is 2.20. The summed E-state index contributed by atoms with van der Waals surface area (Å²) >= 11 is 0. The smallest absolute Gasteiger partial charge is 0.264 e. The maximum atomic E-state index is 11.2. The third-order valence-electron chi connectivity index (χ3n) is 2.76. The lowest BCUT2D eigenvalue weighted by Crippen LogP contribution is -1.99. The van der Waals surface area contributed by atoms with Gasteiger partial charge in [0.05, 0.1) is 0 Å². The van der Waals surface area contributed by atoms with Gasteiger partial charge in [-0.1, -0.05) is 12.1 Å². The Kier molecular flexibility index (Phi) is 3.94. The number of hydrogen-bond donors (Lipinski definition) is 0. The molecule has 0 aliphatic carbocycles. The van der Waals surface area contributed by atoms with Crippen LogP contribution in [0.1, 0.15) is 41.5 Å². The van der Waals surface area contributed by atoms with Crippen molar-refractivity contribution in [1.29, 1.82) is 0 Å². The van der Waals surface area contributed by atoms with Crippen LogP contribution in [0.2, 0.25) is 0 Å². The third-order valence-corrected chi connectivity index (χ3v) is 2.76. The number of rotatable bonds is 5. The average molecular weight is 260 g/mol. The monoisotopic (exact) mass is 260 g/mol. The molecule has 0 N–H and O–H groups in total. The number of carbonyl (C=O) groups is 1. The van der Waals surface area contributed by atoms with Gasteiger partial charge in [-0.3, -0.25) is 4.79 Å². The van der Waals surface area contributed by atoms with Crippen LogP contribution < -0.4 is 4.74 Å². The summed E-state index contributed by atoms with van der Waals surface area (Å²) < 4.78 is 10.6. The predicted octanol–water partition coefficient (Wildman–Crippen LogP) is 2.72. The molecule has 0 aliphatic rings. The highest BCUT2D eigenvalue weighted by atomic mass is 16.5. The van der Waals surface area contributed by atoms with Crippen LogP contribution in [0.15, 0.2) is 22.7 Å². The van der Waals surface area contributed by atoms with Crippen LogP contribution in [0.25, 0.3) is 0 Å². The largest absolute Gasteiger partial charge is 0.483 e. The van der Waals surface area contributed by atoms with E-state index in [1.807, 2.05) is 19.9 Å². The molecule has 0 saturated carbocycles. The number of benzene rings is 1. The summed E-state index contributed by atoms with van der Waals surface area (Å²) in [6.45, 7) is 5.63. The van der Waals surface area contributed by atoms with E-state index in [1.165, 1.54) is 0 Å². The Balaban J connectivity index is 2.05. The fraction of sp³-hybridized carbons (Fsp3) is 0.357. The van der Waals surface area contributed by atoms with Crippen molar-refractivity contribution in [1.82, 2.24) is 10.1 Å². The van der Waals surface area contributed by atoms with Crippen LogP contribution >= 0.6 is 0 Å². The van der Waals surface area contributed by atoms with Crippen LogP contribution in [-0.2, 0) is 13.0 Å². The molecule has 0 aliphatic heterocycles. The molecule has 5 nitrogen and oxygen atoms in total. The first-order valence-corrected chi connectivity index (χ1v) is 6.16. The lowest BCUT2D eigenvalue weighted by Gasteiger charge is -2.07. The number of hydrogen-bond acceptors (Lipinski definition) is 5. The number of carbonyl (C=O) groups excluding carboxylic acids is 1. The van der Waals surface area contributed by atoms with E-state index in [1.54, 1.807) is 19.1 Å². The predicted molar refractivity (Wildman–Crippen MR) is 69.2 cm³/mol. The molecule has 5 heteroatoms. The van der Waals surface area contributed by atoms with Crippen molar-refractivity contribution in [2.45, 2.75) is 33.8 Å². The minimum Gasteiger partial charge on any atom is -0.483 e. The van der Waals surface area contributed by atoms with E-state index in [0.717, 1.165) is 12.0 Å². The van der Waals surface area contributed by atoms with Crippen LogP contribution in [0.4, 0.5) is 0 Å². The van der Waals surface area contributed by atoms with Gasteiger partial charge in [0.2, 0.25) is 0 Å². The topological polar surface area (TPSA) is 65.2 Å². The molecule has 0 unspecified atom stereocenters. The van der Waals surface area contributed by atoms with Gasteiger partial charge in [0.15, 0.2) is 18.2 Å². The molecular formula is C14H16N2O3. The first-order chi connectivity index (χ1) is 9.10. The fourth-order valence-corrected chi connectivity index (χ4v) is 1.66. The number of ether oxygens (including phenoxy) is 1. The average Bonchev–Trinajstić information content (AvgIpc) is 2.85. The minimum absolute atomic E-state index is 0.0409. The molecular weight excluding hydrogens is 244 g/mol. The number of Topliss-reactive ketones (excluding diaryl/α,β-unsaturated/α-hetero) is 1. The van der Waals surface area contributed by atoms with Gasteiger partial charge in [0, 0.05) is 12.0 Å². The molecule has 1 heterocycles. The van der Waals surface area contributed by atoms with Crippen LogP contribution in [0.3, 0.4) is 0 Å². The van der Waals surface area contributed by atoms with Gasteiger partial charge in [0.1, 0.15) is 5.75 Å². The first-order valence-electron chi connectivity index (χ1n) is 6.16. The van der Waals surface area contributed by atoms with Crippen molar-refractivity contribution in [3.05, 3.63) is 41.0 Å². The Morgan fingerprint density at radius 1 is 1.42 bits per heavy atom. The molecule has 0 bridgehead atoms. The lowest BCUT2D eigenvalue weighted by atomic mass is 10.1. The standard InChI is InChI=1S/C14H16N2O3/c1-4-13-15-14(19-16-13)8-18-12-6-5-11(10(3)17)7-9(12)2/h5-7H,4,8H2,1-3H3. The van der Waals surface area contributed by atoms with Crippen molar-refractivity contribution in [3.8, 4) is 5.75 Å². The Bertz CT molecular complexity index is 590. The van der Waals surface area contributed by atoms with Gasteiger partial charge < -0.3 is 9.26 Å². The quantitative estimate of drug-likeness (QED) is 0.773. The van der Waals surface area contributed by atoms with Crippen molar-refractivity contribution in [2.24, 2.45) is 0 Å². The summed E-state index contributed by atoms with van der Waals surface area (Å²) in [6.07, 6.45) is 0.732. The summed E-state index contributed by atoms with van der Waals surface area (Å²) in [6, 6.07) is 5.34. The molecule has 0 amide bonds. The Hall–Kier alpha value is -2.17. The first kappa shape index (κ1) is 13.3. The molecule has 1 aromatic carbocycles. The van der Waals surface area contributed by atoms with Gasteiger partial charge in [-0.25, -0.2) is 0 Å². The van der Waals surface area contributed by atoms with Gasteiger partial charge in [-0.2, -0.15) is 4.98 Å². The highest BCUT2D eigenvalue weighted by Gasteiger charge is 2.08. The zero-order valence-corrected chi connectivity index (χ0v) is 11.3. The van der Waals surface area contributed by atoms with Gasteiger partial charge in [-0.15, -0.1) is 0 Å². The van der Waals surface area contributed by atoms with E-state index >= 15 is 0 Å². The third kappa shape index (κ3) is 3.19. The van der Waals surface area contributed by atoms with Crippen LogP contribution in [0.5, 0.6) is 5.75 Å². The normalized spacial score (nSPS) is 10.5. The Morgan fingerprint density at radius 2 is 2.21 bits per heavy atom. The van der Waals surface area contributed by atoms with Gasteiger partial charge in [0.25, 0.3) is 5.89 Å². The van der Waals surface area contributed by atoms with Crippen LogP contribution in [-0.4, -0.2) is 15.9 Å². The molecule has 0 spiro atoms. The Labute approximate surface area is 111 Å². The van der Waals surface area contributed by atoms with Crippen molar-refractivity contribution < 1.29 is 14.1 Å². The lowest BCUT2D eigenvalue weighted by molar-refractivity contribution is 0.101.